The molecule has 0 N–H and O–H groups in total. The molecule has 1 aliphatic carbocycles. The molecule has 5 heteroatoms. The van der Waals surface area contributed by atoms with Crippen LogP contribution in [0.4, 0.5) is 28.4 Å². The second-order valence-electron chi connectivity index (χ2n) is 19.7. The fourth-order valence-electron chi connectivity index (χ4n) is 7.25. The quantitative estimate of drug-likeness (QED) is 0.157. The maximum atomic E-state index is 14.2. The SMILES string of the molecule is CC(C)(C)C1=CCC=C(N(c2ccc(C(C)(C)C)cc2)c2ccc(S(=O)(=O)c3ccc(N(c4ccc(C(C)(C)C)cc4)c4ccc(C(C)(C)C)cc4)cc3)cc2)C=C1. The highest BCUT2D eigenvalue weighted by Crippen LogP contribution is 2.39. The van der Waals surface area contributed by atoms with Crippen molar-refractivity contribution in [3.8, 4) is 0 Å². The lowest BCUT2D eigenvalue weighted by molar-refractivity contribution is 0.515. The van der Waals surface area contributed by atoms with Crippen LogP contribution in [0.2, 0.25) is 0 Å². The summed E-state index contributed by atoms with van der Waals surface area (Å²) in [5.74, 6) is 0. The molecular formula is C53H62N2O2S. The Labute approximate surface area is 349 Å². The molecule has 58 heavy (non-hydrogen) atoms. The Bertz CT molecular complexity index is 2350. The highest BCUT2D eigenvalue weighted by Gasteiger charge is 2.24. The van der Waals surface area contributed by atoms with E-state index in [0.29, 0.717) is 0 Å². The number of hydrogen-bond acceptors (Lipinski definition) is 4. The largest absolute Gasteiger partial charge is 0.311 e. The third-order valence-electron chi connectivity index (χ3n) is 11.0. The van der Waals surface area contributed by atoms with E-state index in [4.69, 9.17) is 0 Å². The first-order valence-electron chi connectivity index (χ1n) is 20.5. The zero-order valence-corrected chi connectivity index (χ0v) is 37.5. The Balaban J connectivity index is 1.33. The standard InChI is InChI=1S/C53H62N2O2S/c1-50(2,3)38-14-13-15-42(23-16-38)54(43-24-17-39(18-25-43)51(4,5)6)46-30-34-48(35-31-46)58(56,57)49-36-32-47(33-37-49)55(44-26-19-40(20-27-44)52(7,8)9)45-28-21-41(22-29-45)53(10,11)12/h14-37H,13H2,1-12H3. The molecule has 0 bridgehead atoms. The van der Waals surface area contributed by atoms with E-state index in [0.717, 1.165) is 40.6 Å². The van der Waals surface area contributed by atoms with E-state index >= 15 is 0 Å². The molecule has 0 heterocycles. The predicted octanol–water partition coefficient (Wildman–Crippen LogP) is 14.8. The fourth-order valence-corrected chi connectivity index (χ4v) is 8.51. The van der Waals surface area contributed by atoms with Crippen molar-refractivity contribution in [2.45, 2.75) is 116 Å². The molecule has 4 nitrogen and oxygen atoms in total. The van der Waals surface area contributed by atoms with E-state index in [1.807, 2.05) is 24.3 Å². The number of anilines is 5. The third-order valence-corrected chi connectivity index (χ3v) is 12.8. The van der Waals surface area contributed by atoms with Crippen LogP contribution in [0.25, 0.3) is 0 Å². The summed E-state index contributed by atoms with van der Waals surface area (Å²) in [5, 5.41) is 0. The van der Waals surface area contributed by atoms with Crippen molar-refractivity contribution in [3.63, 3.8) is 0 Å². The van der Waals surface area contributed by atoms with Crippen LogP contribution in [-0.2, 0) is 26.1 Å². The number of rotatable bonds is 8. The minimum Gasteiger partial charge on any atom is -0.311 e. The maximum absolute atomic E-state index is 14.2. The van der Waals surface area contributed by atoms with E-state index in [2.05, 4.69) is 190 Å². The van der Waals surface area contributed by atoms with Crippen molar-refractivity contribution in [1.29, 1.82) is 0 Å². The summed E-state index contributed by atoms with van der Waals surface area (Å²) in [7, 11) is -3.81. The monoisotopic (exact) mass is 790 g/mol. The minimum absolute atomic E-state index is 0.0261. The van der Waals surface area contributed by atoms with Gasteiger partial charge in [-0.2, -0.15) is 0 Å². The summed E-state index contributed by atoms with van der Waals surface area (Å²) in [6.07, 6.45) is 9.71. The molecule has 0 unspecified atom stereocenters. The molecule has 0 fully saturated rings. The van der Waals surface area contributed by atoms with Crippen LogP contribution in [0.5, 0.6) is 0 Å². The van der Waals surface area contributed by atoms with E-state index in [1.165, 1.54) is 22.3 Å². The Morgan fingerprint density at radius 1 is 0.379 bits per heavy atom. The first kappa shape index (κ1) is 42.5. The number of hydrogen-bond donors (Lipinski definition) is 0. The summed E-state index contributed by atoms with van der Waals surface area (Å²) in [4.78, 5) is 4.90. The molecule has 0 saturated heterocycles. The van der Waals surface area contributed by atoms with Crippen molar-refractivity contribution in [3.05, 3.63) is 174 Å². The van der Waals surface area contributed by atoms with E-state index in [9.17, 15) is 8.42 Å². The highest BCUT2D eigenvalue weighted by atomic mass is 32.2. The molecule has 0 amide bonds. The van der Waals surface area contributed by atoms with Crippen molar-refractivity contribution in [1.82, 2.24) is 0 Å². The lowest BCUT2D eigenvalue weighted by Crippen LogP contribution is -2.16. The van der Waals surface area contributed by atoms with Gasteiger partial charge in [-0.1, -0.05) is 138 Å². The second-order valence-corrected chi connectivity index (χ2v) is 21.6. The topological polar surface area (TPSA) is 40.6 Å². The fraction of sp³-hybridized carbons (Fsp3) is 0.321. The zero-order chi connectivity index (χ0) is 42.3. The minimum atomic E-state index is -3.81. The Hall–Kier alpha value is -5.13. The number of allylic oxidation sites excluding steroid dienone is 5. The predicted molar refractivity (Wildman–Crippen MR) is 247 cm³/mol. The second kappa shape index (κ2) is 15.9. The Morgan fingerprint density at radius 2 is 0.690 bits per heavy atom. The van der Waals surface area contributed by atoms with Crippen LogP contribution in [0, 0.1) is 5.41 Å². The van der Waals surface area contributed by atoms with Gasteiger partial charge in [0.15, 0.2) is 0 Å². The van der Waals surface area contributed by atoms with Gasteiger partial charge in [-0.05, 0) is 141 Å². The van der Waals surface area contributed by atoms with E-state index in [1.54, 1.807) is 24.3 Å². The molecule has 5 aromatic rings. The van der Waals surface area contributed by atoms with Gasteiger partial charge >= 0.3 is 0 Å². The molecule has 0 spiro atoms. The number of sulfone groups is 1. The molecule has 6 rings (SSSR count). The summed E-state index contributed by atoms with van der Waals surface area (Å²) >= 11 is 0. The lowest BCUT2D eigenvalue weighted by Gasteiger charge is -2.28. The van der Waals surface area contributed by atoms with Crippen LogP contribution in [0.3, 0.4) is 0 Å². The summed E-state index contributed by atoms with van der Waals surface area (Å²) < 4.78 is 28.4. The van der Waals surface area contributed by atoms with Crippen LogP contribution < -0.4 is 9.80 Å². The van der Waals surface area contributed by atoms with Crippen LogP contribution in [0.1, 0.15) is 106 Å². The van der Waals surface area contributed by atoms with Crippen molar-refractivity contribution >= 4 is 38.3 Å². The van der Waals surface area contributed by atoms with Crippen LogP contribution in [-0.4, -0.2) is 8.42 Å². The summed E-state index contributed by atoms with van der Waals surface area (Å²) in [5.41, 5.74) is 11.0. The molecule has 0 saturated carbocycles. The number of benzene rings is 5. The zero-order valence-electron chi connectivity index (χ0n) is 36.7. The maximum Gasteiger partial charge on any atom is 0.206 e. The van der Waals surface area contributed by atoms with Gasteiger partial charge in [-0.15, -0.1) is 0 Å². The molecular weight excluding hydrogens is 729 g/mol. The van der Waals surface area contributed by atoms with Gasteiger partial charge in [0.2, 0.25) is 9.84 Å². The van der Waals surface area contributed by atoms with Gasteiger partial charge in [-0.25, -0.2) is 8.42 Å². The van der Waals surface area contributed by atoms with Crippen molar-refractivity contribution in [2.24, 2.45) is 5.41 Å². The lowest BCUT2D eigenvalue weighted by atomic mass is 9.86. The summed E-state index contributed by atoms with van der Waals surface area (Å²) in [6.45, 7) is 26.6. The Morgan fingerprint density at radius 3 is 1.00 bits per heavy atom. The average molecular weight is 791 g/mol. The van der Waals surface area contributed by atoms with Gasteiger partial charge in [0.1, 0.15) is 0 Å². The molecule has 0 aliphatic heterocycles. The van der Waals surface area contributed by atoms with Gasteiger partial charge in [0.25, 0.3) is 0 Å². The van der Waals surface area contributed by atoms with Crippen LogP contribution >= 0.6 is 0 Å². The molecule has 5 aromatic carbocycles. The Kier molecular flexibility index (Phi) is 11.6. The van der Waals surface area contributed by atoms with Crippen molar-refractivity contribution < 1.29 is 8.42 Å². The van der Waals surface area contributed by atoms with Crippen molar-refractivity contribution in [2.75, 3.05) is 9.80 Å². The first-order valence-corrected chi connectivity index (χ1v) is 22.0. The molecule has 0 atom stereocenters. The molecule has 1 aliphatic rings. The van der Waals surface area contributed by atoms with Gasteiger partial charge in [0.05, 0.1) is 9.79 Å². The summed E-state index contributed by atoms with van der Waals surface area (Å²) in [6, 6.07) is 40.6. The average Bonchev–Trinajstić information content (AvgIpc) is 3.42. The molecule has 302 valence electrons. The smallest absolute Gasteiger partial charge is 0.206 e. The first-order chi connectivity index (χ1) is 27.0. The molecule has 0 radical (unpaired) electrons. The highest BCUT2D eigenvalue weighted by molar-refractivity contribution is 7.91. The van der Waals surface area contributed by atoms with Gasteiger partial charge in [0, 0.05) is 34.1 Å². The van der Waals surface area contributed by atoms with E-state index in [-0.39, 0.29) is 31.5 Å². The van der Waals surface area contributed by atoms with Gasteiger partial charge in [-0.3, -0.25) is 0 Å². The van der Waals surface area contributed by atoms with E-state index < -0.39 is 9.84 Å². The van der Waals surface area contributed by atoms with Crippen LogP contribution in [0.15, 0.2) is 167 Å². The number of nitrogens with zero attached hydrogens (tertiary/aromatic N) is 2. The third kappa shape index (κ3) is 9.42. The van der Waals surface area contributed by atoms with Gasteiger partial charge < -0.3 is 9.80 Å². The normalized spacial score (nSPS) is 14.1. The molecule has 0 aromatic heterocycles.